The molecule has 2 rings (SSSR count). The van der Waals surface area contributed by atoms with Gasteiger partial charge in [0.1, 0.15) is 0 Å². The van der Waals surface area contributed by atoms with E-state index >= 15 is 0 Å². The van der Waals surface area contributed by atoms with Crippen molar-refractivity contribution >= 4 is 23.1 Å². The molecule has 0 saturated carbocycles. The van der Waals surface area contributed by atoms with E-state index in [2.05, 4.69) is 15.3 Å². The second-order valence-corrected chi connectivity index (χ2v) is 4.32. The number of nitrogens with one attached hydrogen (secondary N) is 1. The van der Waals surface area contributed by atoms with Gasteiger partial charge in [0.05, 0.1) is 19.0 Å². The van der Waals surface area contributed by atoms with E-state index in [1.807, 2.05) is 31.2 Å². The minimum Gasteiger partial charge on any atom is -0.477 e. The SMILES string of the molecule is CCCOc1cncc(Nc2cccc(CCl)c2)n1. The minimum atomic E-state index is 0.487. The maximum absolute atomic E-state index is 5.81. The van der Waals surface area contributed by atoms with Crippen molar-refractivity contribution in [2.24, 2.45) is 0 Å². The molecule has 0 radical (unpaired) electrons. The van der Waals surface area contributed by atoms with Crippen molar-refractivity contribution in [3.8, 4) is 5.88 Å². The van der Waals surface area contributed by atoms with Gasteiger partial charge >= 0.3 is 0 Å². The molecule has 0 spiro atoms. The Morgan fingerprint density at radius 3 is 3.00 bits per heavy atom. The molecule has 0 unspecified atom stereocenters. The Bertz CT molecular complexity index is 534. The van der Waals surface area contributed by atoms with E-state index in [1.165, 1.54) is 0 Å². The number of alkyl halides is 1. The summed E-state index contributed by atoms with van der Waals surface area (Å²) in [6.45, 7) is 2.69. The third-order valence-corrected chi connectivity index (χ3v) is 2.73. The van der Waals surface area contributed by atoms with Gasteiger partial charge in [-0.2, -0.15) is 4.98 Å². The fraction of sp³-hybridized carbons (Fsp3) is 0.286. The van der Waals surface area contributed by atoms with E-state index < -0.39 is 0 Å². The van der Waals surface area contributed by atoms with Crippen LogP contribution in [0.4, 0.5) is 11.5 Å². The van der Waals surface area contributed by atoms with Crippen LogP contribution in [-0.2, 0) is 5.88 Å². The number of halogens is 1. The Balaban J connectivity index is 2.09. The first-order chi connectivity index (χ1) is 9.31. The molecule has 19 heavy (non-hydrogen) atoms. The highest BCUT2D eigenvalue weighted by Crippen LogP contribution is 2.18. The van der Waals surface area contributed by atoms with Gasteiger partial charge < -0.3 is 10.1 Å². The Morgan fingerprint density at radius 1 is 1.32 bits per heavy atom. The van der Waals surface area contributed by atoms with Crippen LogP contribution in [0.3, 0.4) is 0 Å². The standard InChI is InChI=1S/C14H16ClN3O/c1-2-6-19-14-10-16-9-13(18-14)17-12-5-3-4-11(7-12)8-15/h3-5,7,9-10H,2,6,8H2,1H3,(H,17,18). The zero-order chi connectivity index (χ0) is 13.5. The lowest BCUT2D eigenvalue weighted by Crippen LogP contribution is -2.01. The molecule has 0 aliphatic heterocycles. The highest BCUT2D eigenvalue weighted by molar-refractivity contribution is 6.17. The molecule has 0 amide bonds. The number of aromatic nitrogens is 2. The first-order valence-corrected chi connectivity index (χ1v) is 6.72. The molecule has 1 heterocycles. The van der Waals surface area contributed by atoms with Gasteiger partial charge in [0, 0.05) is 11.6 Å². The molecule has 0 aliphatic rings. The Labute approximate surface area is 117 Å². The third-order valence-electron chi connectivity index (χ3n) is 2.42. The fourth-order valence-corrected chi connectivity index (χ4v) is 1.73. The van der Waals surface area contributed by atoms with Gasteiger partial charge in [-0.3, -0.25) is 4.98 Å². The summed E-state index contributed by atoms with van der Waals surface area (Å²) in [6.07, 6.45) is 4.21. The molecular formula is C14H16ClN3O. The summed E-state index contributed by atoms with van der Waals surface area (Å²) in [5.41, 5.74) is 1.98. The number of benzene rings is 1. The van der Waals surface area contributed by atoms with Gasteiger partial charge in [0.15, 0.2) is 5.82 Å². The van der Waals surface area contributed by atoms with Crippen molar-refractivity contribution in [1.82, 2.24) is 9.97 Å². The number of hydrogen-bond donors (Lipinski definition) is 1. The molecule has 1 aromatic heterocycles. The maximum atomic E-state index is 5.81. The Morgan fingerprint density at radius 2 is 2.21 bits per heavy atom. The molecule has 1 N–H and O–H groups in total. The smallest absolute Gasteiger partial charge is 0.234 e. The first kappa shape index (κ1) is 13.6. The Hall–Kier alpha value is -1.81. The molecule has 0 atom stereocenters. The molecule has 0 saturated heterocycles. The fourth-order valence-electron chi connectivity index (χ4n) is 1.56. The second-order valence-electron chi connectivity index (χ2n) is 4.05. The van der Waals surface area contributed by atoms with E-state index in [-0.39, 0.29) is 0 Å². The van der Waals surface area contributed by atoms with E-state index in [4.69, 9.17) is 16.3 Å². The summed E-state index contributed by atoms with van der Waals surface area (Å²) in [5.74, 6) is 1.67. The quantitative estimate of drug-likeness (QED) is 0.817. The van der Waals surface area contributed by atoms with Crippen LogP contribution in [-0.4, -0.2) is 16.6 Å². The Kier molecular flexibility index (Phi) is 4.98. The molecule has 2 aromatic rings. The van der Waals surface area contributed by atoms with Crippen molar-refractivity contribution in [1.29, 1.82) is 0 Å². The molecule has 4 nitrogen and oxygen atoms in total. The summed E-state index contributed by atoms with van der Waals surface area (Å²) >= 11 is 5.81. The van der Waals surface area contributed by atoms with Crippen LogP contribution >= 0.6 is 11.6 Å². The molecule has 100 valence electrons. The van der Waals surface area contributed by atoms with E-state index in [0.717, 1.165) is 17.7 Å². The first-order valence-electron chi connectivity index (χ1n) is 6.18. The minimum absolute atomic E-state index is 0.487. The highest BCUT2D eigenvalue weighted by atomic mass is 35.5. The number of rotatable bonds is 6. The number of ether oxygens (including phenoxy) is 1. The largest absolute Gasteiger partial charge is 0.477 e. The van der Waals surface area contributed by atoms with Gasteiger partial charge in [-0.25, -0.2) is 0 Å². The molecular weight excluding hydrogens is 262 g/mol. The third kappa shape index (κ3) is 4.10. The molecule has 0 bridgehead atoms. The molecule has 1 aromatic carbocycles. The van der Waals surface area contributed by atoms with Crippen LogP contribution in [0.15, 0.2) is 36.7 Å². The monoisotopic (exact) mass is 277 g/mol. The molecule has 5 heteroatoms. The zero-order valence-electron chi connectivity index (χ0n) is 10.8. The zero-order valence-corrected chi connectivity index (χ0v) is 11.5. The number of nitrogens with zero attached hydrogens (tertiary/aromatic N) is 2. The van der Waals surface area contributed by atoms with Crippen molar-refractivity contribution in [3.05, 3.63) is 42.2 Å². The van der Waals surface area contributed by atoms with Gasteiger partial charge in [0.2, 0.25) is 5.88 Å². The highest BCUT2D eigenvalue weighted by Gasteiger charge is 2.01. The van der Waals surface area contributed by atoms with Gasteiger partial charge in [-0.05, 0) is 24.1 Å². The van der Waals surface area contributed by atoms with Crippen LogP contribution in [0, 0.1) is 0 Å². The average Bonchev–Trinajstić information content (AvgIpc) is 2.46. The van der Waals surface area contributed by atoms with Gasteiger partial charge in [-0.15, -0.1) is 11.6 Å². The van der Waals surface area contributed by atoms with Gasteiger partial charge in [-0.1, -0.05) is 19.1 Å². The predicted octanol–water partition coefficient (Wildman–Crippen LogP) is 3.75. The second kappa shape index (κ2) is 6.95. The lowest BCUT2D eigenvalue weighted by Gasteiger charge is -2.08. The average molecular weight is 278 g/mol. The molecule has 0 fully saturated rings. The lowest BCUT2D eigenvalue weighted by atomic mass is 10.2. The maximum Gasteiger partial charge on any atom is 0.234 e. The van der Waals surface area contributed by atoms with Crippen molar-refractivity contribution in [2.75, 3.05) is 11.9 Å². The van der Waals surface area contributed by atoms with Crippen molar-refractivity contribution < 1.29 is 4.74 Å². The van der Waals surface area contributed by atoms with E-state index in [1.54, 1.807) is 12.4 Å². The van der Waals surface area contributed by atoms with Crippen LogP contribution in [0.2, 0.25) is 0 Å². The van der Waals surface area contributed by atoms with Crippen molar-refractivity contribution in [2.45, 2.75) is 19.2 Å². The predicted molar refractivity (Wildman–Crippen MR) is 77.1 cm³/mol. The normalized spacial score (nSPS) is 10.2. The number of hydrogen-bond acceptors (Lipinski definition) is 4. The van der Waals surface area contributed by atoms with Crippen LogP contribution in [0.25, 0.3) is 0 Å². The topological polar surface area (TPSA) is 47.0 Å². The van der Waals surface area contributed by atoms with Crippen LogP contribution < -0.4 is 10.1 Å². The lowest BCUT2D eigenvalue weighted by molar-refractivity contribution is 0.304. The summed E-state index contributed by atoms with van der Waals surface area (Å²) in [5, 5.41) is 3.18. The summed E-state index contributed by atoms with van der Waals surface area (Å²) in [4.78, 5) is 8.43. The summed E-state index contributed by atoms with van der Waals surface area (Å²) < 4.78 is 5.44. The van der Waals surface area contributed by atoms with Gasteiger partial charge in [0.25, 0.3) is 0 Å². The van der Waals surface area contributed by atoms with Crippen molar-refractivity contribution in [3.63, 3.8) is 0 Å². The molecule has 0 aliphatic carbocycles. The summed E-state index contributed by atoms with van der Waals surface area (Å²) in [7, 11) is 0. The van der Waals surface area contributed by atoms with Crippen LogP contribution in [0.1, 0.15) is 18.9 Å². The van der Waals surface area contributed by atoms with Crippen LogP contribution in [0.5, 0.6) is 5.88 Å². The summed E-state index contributed by atoms with van der Waals surface area (Å²) in [6, 6.07) is 7.86. The number of anilines is 2. The van der Waals surface area contributed by atoms with E-state index in [9.17, 15) is 0 Å². The van der Waals surface area contributed by atoms with E-state index in [0.29, 0.717) is 24.2 Å².